The smallest absolute Gasteiger partial charge is 0.326 e. The molecular weight excluding hydrogens is 244 g/mol. The van der Waals surface area contributed by atoms with Gasteiger partial charge in [-0.05, 0) is 29.8 Å². The van der Waals surface area contributed by atoms with Gasteiger partial charge in [-0.25, -0.2) is 4.79 Å². The minimum absolute atomic E-state index is 0.117. The fourth-order valence-corrected chi connectivity index (χ4v) is 2.08. The lowest BCUT2D eigenvalue weighted by Crippen LogP contribution is -2.17. The second kappa shape index (κ2) is 4.20. The topological polar surface area (TPSA) is 78.2 Å². The Morgan fingerprint density at radius 3 is 2.42 bits per heavy atom. The van der Waals surface area contributed by atoms with E-state index in [9.17, 15) is 15.0 Å². The molecule has 0 amide bonds. The Morgan fingerprint density at radius 1 is 1.00 bits per heavy atom. The van der Waals surface area contributed by atoms with Crippen LogP contribution in [0.3, 0.4) is 0 Å². The molecule has 0 aliphatic heterocycles. The summed E-state index contributed by atoms with van der Waals surface area (Å²) < 4.78 is 1.54. The third-order valence-corrected chi connectivity index (χ3v) is 3.04. The number of nitrogens with one attached hydrogen (secondary N) is 1. The summed E-state index contributed by atoms with van der Waals surface area (Å²) in [5, 5.41) is 18.7. The van der Waals surface area contributed by atoms with Crippen LogP contribution in [-0.4, -0.2) is 19.8 Å². The molecule has 5 heteroatoms. The molecular formula is C14H12N2O3. The fourth-order valence-electron chi connectivity index (χ4n) is 2.08. The fraction of sp³-hybridized carbons (Fsp3) is 0.0714. The van der Waals surface area contributed by atoms with Crippen LogP contribution >= 0.6 is 0 Å². The van der Waals surface area contributed by atoms with Gasteiger partial charge in [-0.1, -0.05) is 12.1 Å². The molecule has 2 aromatic carbocycles. The van der Waals surface area contributed by atoms with Gasteiger partial charge in [0.15, 0.2) is 0 Å². The Balaban J connectivity index is 2.09. The number of aromatic hydroxyl groups is 2. The number of benzene rings is 2. The summed E-state index contributed by atoms with van der Waals surface area (Å²) >= 11 is 0. The maximum absolute atomic E-state index is 11.9. The second-order valence-corrected chi connectivity index (χ2v) is 4.38. The van der Waals surface area contributed by atoms with Crippen molar-refractivity contribution >= 4 is 11.0 Å². The van der Waals surface area contributed by atoms with Gasteiger partial charge in [-0.15, -0.1) is 0 Å². The van der Waals surface area contributed by atoms with E-state index in [4.69, 9.17) is 0 Å². The molecule has 0 spiro atoms. The number of hydrogen-bond acceptors (Lipinski definition) is 3. The van der Waals surface area contributed by atoms with E-state index in [1.165, 1.54) is 6.07 Å². The molecule has 0 atom stereocenters. The number of phenols is 2. The van der Waals surface area contributed by atoms with Gasteiger partial charge in [0.1, 0.15) is 11.5 Å². The molecule has 19 heavy (non-hydrogen) atoms. The molecule has 0 aliphatic carbocycles. The molecule has 5 nitrogen and oxygen atoms in total. The summed E-state index contributed by atoms with van der Waals surface area (Å²) in [4.78, 5) is 14.6. The first kappa shape index (κ1) is 11.4. The lowest BCUT2D eigenvalue weighted by atomic mass is 10.2. The quantitative estimate of drug-likeness (QED) is 0.654. The van der Waals surface area contributed by atoms with Gasteiger partial charge in [0, 0.05) is 6.07 Å². The first-order valence-electron chi connectivity index (χ1n) is 5.83. The van der Waals surface area contributed by atoms with Crippen LogP contribution in [0.15, 0.2) is 47.3 Å². The minimum atomic E-state index is -0.228. The zero-order valence-electron chi connectivity index (χ0n) is 10.00. The summed E-state index contributed by atoms with van der Waals surface area (Å²) in [6.07, 6.45) is 0. The van der Waals surface area contributed by atoms with Gasteiger partial charge in [0.05, 0.1) is 17.6 Å². The molecule has 0 saturated heterocycles. The van der Waals surface area contributed by atoms with E-state index in [0.29, 0.717) is 17.6 Å². The third kappa shape index (κ3) is 2.06. The molecule has 3 rings (SSSR count). The zero-order chi connectivity index (χ0) is 13.4. The average Bonchev–Trinajstić information content (AvgIpc) is 2.69. The molecule has 0 unspecified atom stereocenters. The number of rotatable bonds is 2. The lowest BCUT2D eigenvalue weighted by Gasteiger charge is -2.04. The van der Waals surface area contributed by atoms with E-state index in [1.54, 1.807) is 41.0 Å². The SMILES string of the molecule is O=c1[nH]c2ccc(O)cc2n1Cc1ccc(O)cc1. The van der Waals surface area contributed by atoms with Crippen LogP contribution in [0.2, 0.25) is 0 Å². The lowest BCUT2D eigenvalue weighted by molar-refractivity contribution is 0.475. The Hall–Kier alpha value is -2.69. The number of fused-ring (bicyclic) bond motifs is 1. The highest BCUT2D eigenvalue weighted by atomic mass is 16.3. The number of phenolic OH excluding ortho intramolecular Hbond substituents is 2. The van der Waals surface area contributed by atoms with Crippen LogP contribution in [0.25, 0.3) is 11.0 Å². The maximum Gasteiger partial charge on any atom is 0.326 e. The molecule has 96 valence electrons. The maximum atomic E-state index is 11.9. The number of nitrogens with zero attached hydrogens (tertiary/aromatic N) is 1. The van der Waals surface area contributed by atoms with Gasteiger partial charge in [-0.2, -0.15) is 0 Å². The van der Waals surface area contributed by atoms with Crippen LogP contribution in [0.5, 0.6) is 11.5 Å². The molecule has 0 saturated carbocycles. The van der Waals surface area contributed by atoms with Crippen LogP contribution in [0.4, 0.5) is 0 Å². The molecule has 3 N–H and O–H groups in total. The normalized spacial score (nSPS) is 10.9. The number of imidazole rings is 1. The predicted octanol–water partition coefficient (Wildman–Crippen LogP) is 1.79. The third-order valence-electron chi connectivity index (χ3n) is 3.04. The van der Waals surface area contributed by atoms with Gasteiger partial charge in [-0.3, -0.25) is 4.57 Å². The van der Waals surface area contributed by atoms with Crippen molar-refractivity contribution in [3.05, 3.63) is 58.5 Å². The molecule has 1 aromatic heterocycles. The molecule has 0 radical (unpaired) electrons. The zero-order valence-corrected chi connectivity index (χ0v) is 10.00. The Bertz CT molecular complexity index is 785. The van der Waals surface area contributed by atoms with E-state index in [1.807, 2.05) is 0 Å². The Morgan fingerprint density at radius 2 is 1.68 bits per heavy atom. The van der Waals surface area contributed by atoms with E-state index >= 15 is 0 Å². The van der Waals surface area contributed by atoms with Gasteiger partial charge >= 0.3 is 5.69 Å². The van der Waals surface area contributed by atoms with Crippen molar-refractivity contribution in [3.8, 4) is 11.5 Å². The van der Waals surface area contributed by atoms with E-state index in [2.05, 4.69) is 4.98 Å². The van der Waals surface area contributed by atoms with Crippen molar-refractivity contribution in [1.29, 1.82) is 0 Å². The Labute approximate surface area is 108 Å². The highest BCUT2D eigenvalue weighted by Gasteiger charge is 2.07. The van der Waals surface area contributed by atoms with Gasteiger partial charge < -0.3 is 15.2 Å². The number of H-pyrrole nitrogens is 1. The molecule has 0 aliphatic rings. The van der Waals surface area contributed by atoms with Crippen molar-refractivity contribution in [2.24, 2.45) is 0 Å². The highest BCUT2D eigenvalue weighted by Crippen LogP contribution is 2.18. The molecule has 1 heterocycles. The van der Waals surface area contributed by atoms with E-state index in [0.717, 1.165) is 5.56 Å². The summed E-state index contributed by atoms with van der Waals surface area (Å²) in [6.45, 7) is 0.378. The predicted molar refractivity (Wildman–Crippen MR) is 71.4 cm³/mol. The van der Waals surface area contributed by atoms with Crippen molar-refractivity contribution in [3.63, 3.8) is 0 Å². The Kier molecular flexibility index (Phi) is 2.52. The summed E-state index contributed by atoms with van der Waals surface area (Å²) in [7, 11) is 0. The second-order valence-electron chi connectivity index (χ2n) is 4.38. The summed E-state index contributed by atoms with van der Waals surface area (Å²) in [6, 6.07) is 11.4. The number of hydrogen-bond donors (Lipinski definition) is 3. The van der Waals surface area contributed by atoms with Gasteiger partial charge in [0.25, 0.3) is 0 Å². The first-order chi connectivity index (χ1) is 9.13. The molecule has 3 aromatic rings. The van der Waals surface area contributed by atoms with E-state index < -0.39 is 0 Å². The largest absolute Gasteiger partial charge is 0.508 e. The number of aromatic amines is 1. The summed E-state index contributed by atoms with van der Waals surface area (Å²) in [5.74, 6) is 0.304. The van der Waals surface area contributed by atoms with Crippen molar-refractivity contribution in [2.75, 3.05) is 0 Å². The standard InChI is InChI=1S/C14H12N2O3/c17-10-3-1-9(2-4-10)8-16-13-7-11(18)5-6-12(13)15-14(16)19/h1-7,17-18H,8H2,(H,15,19). The molecule has 0 bridgehead atoms. The number of aromatic nitrogens is 2. The monoisotopic (exact) mass is 256 g/mol. The highest BCUT2D eigenvalue weighted by molar-refractivity contribution is 5.76. The first-order valence-corrected chi connectivity index (χ1v) is 5.83. The van der Waals surface area contributed by atoms with Gasteiger partial charge in [0.2, 0.25) is 0 Å². The van der Waals surface area contributed by atoms with Crippen LogP contribution in [-0.2, 0) is 6.54 Å². The molecule has 0 fully saturated rings. The average molecular weight is 256 g/mol. The summed E-state index contributed by atoms with van der Waals surface area (Å²) in [5.41, 5.74) is 2.00. The van der Waals surface area contributed by atoms with Crippen molar-refractivity contribution in [1.82, 2.24) is 9.55 Å². The van der Waals surface area contributed by atoms with Crippen LogP contribution in [0.1, 0.15) is 5.56 Å². The van der Waals surface area contributed by atoms with Crippen LogP contribution < -0.4 is 5.69 Å². The van der Waals surface area contributed by atoms with E-state index in [-0.39, 0.29) is 17.2 Å². The minimum Gasteiger partial charge on any atom is -0.508 e. The van der Waals surface area contributed by atoms with Crippen LogP contribution in [0, 0.1) is 0 Å². The van der Waals surface area contributed by atoms with Crippen molar-refractivity contribution in [2.45, 2.75) is 6.54 Å². The van der Waals surface area contributed by atoms with Crippen molar-refractivity contribution < 1.29 is 10.2 Å².